The molecule has 2 aromatic carbocycles. The number of nitrogens with two attached hydrogens (primary N) is 1. The number of hydrogen-bond acceptors (Lipinski definition) is 9. The average molecular weight is 460 g/mol. The van der Waals surface area contributed by atoms with E-state index in [0.29, 0.717) is 17.1 Å². The minimum Gasteiger partial charge on any atom is -0.497 e. The number of benzene rings is 2. The topological polar surface area (TPSA) is 144 Å². The maximum Gasteiger partial charge on any atom is 0.355 e. The van der Waals surface area contributed by atoms with Gasteiger partial charge < -0.3 is 25.3 Å². The fourth-order valence-electron chi connectivity index (χ4n) is 4.38. The second kappa shape index (κ2) is 8.29. The van der Waals surface area contributed by atoms with Crippen molar-refractivity contribution in [3.8, 4) is 11.8 Å². The Hall–Kier alpha value is -4.78. The zero-order chi connectivity index (χ0) is 24.6. The number of anilines is 2. The number of nitriles is 1. The summed E-state index contributed by atoms with van der Waals surface area (Å²) in [5.74, 6) is -2.35. The first-order valence-electron chi connectivity index (χ1n) is 10.0. The van der Waals surface area contributed by atoms with E-state index in [1.54, 1.807) is 48.5 Å². The molecule has 1 amide bonds. The number of ether oxygens (including phenoxy) is 3. The molecule has 10 heteroatoms. The van der Waals surface area contributed by atoms with Crippen LogP contribution >= 0.6 is 0 Å². The highest BCUT2D eigenvalue weighted by atomic mass is 16.5. The Bertz CT molecular complexity index is 1320. The molecule has 2 heterocycles. The number of hydrogen-bond donors (Lipinski definition) is 2. The summed E-state index contributed by atoms with van der Waals surface area (Å²) in [7, 11) is 3.74. The number of nitrogens with one attached hydrogen (secondary N) is 1. The van der Waals surface area contributed by atoms with Crippen LogP contribution in [0.5, 0.6) is 5.75 Å². The van der Waals surface area contributed by atoms with Crippen LogP contribution in [0.15, 0.2) is 71.2 Å². The number of fused-ring (bicyclic) bond motifs is 2. The van der Waals surface area contributed by atoms with Gasteiger partial charge in [0.05, 0.1) is 32.5 Å². The molecule has 0 saturated carbocycles. The van der Waals surface area contributed by atoms with Crippen molar-refractivity contribution in [2.75, 3.05) is 31.5 Å². The minimum atomic E-state index is -2.02. The van der Waals surface area contributed by atoms with Crippen LogP contribution < -0.4 is 20.7 Å². The molecule has 2 aromatic rings. The Morgan fingerprint density at radius 3 is 2.26 bits per heavy atom. The third kappa shape index (κ3) is 2.91. The van der Waals surface area contributed by atoms with Gasteiger partial charge in [0.25, 0.3) is 0 Å². The Labute approximate surface area is 194 Å². The summed E-state index contributed by atoms with van der Waals surface area (Å²) in [6.45, 7) is 0. The highest BCUT2D eigenvalue weighted by molar-refractivity contribution is 6.20. The molecule has 3 N–H and O–H groups in total. The summed E-state index contributed by atoms with van der Waals surface area (Å²) in [4.78, 5) is 41.2. The lowest BCUT2D eigenvalue weighted by Crippen LogP contribution is -2.51. The van der Waals surface area contributed by atoms with Gasteiger partial charge in [0.2, 0.25) is 5.91 Å². The van der Waals surface area contributed by atoms with Crippen molar-refractivity contribution in [3.05, 3.63) is 76.8 Å². The van der Waals surface area contributed by atoms with Crippen LogP contribution in [0.3, 0.4) is 0 Å². The van der Waals surface area contributed by atoms with Gasteiger partial charge in [-0.1, -0.05) is 18.2 Å². The van der Waals surface area contributed by atoms with Gasteiger partial charge in [-0.05, 0) is 30.3 Å². The number of esters is 2. The summed E-state index contributed by atoms with van der Waals surface area (Å²) in [5, 5.41) is 12.9. The van der Waals surface area contributed by atoms with Gasteiger partial charge in [-0.2, -0.15) is 5.26 Å². The lowest BCUT2D eigenvalue weighted by molar-refractivity contribution is -0.140. The molecular weight excluding hydrogens is 440 g/mol. The first-order chi connectivity index (χ1) is 16.4. The van der Waals surface area contributed by atoms with E-state index >= 15 is 0 Å². The van der Waals surface area contributed by atoms with Gasteiger partial charge in [-0.3, -0.25) is 9.69 Å². The fourth-order valence-corrected chi connectivity index (χ4v) is 4.38. The van der Waals surface area contributed by atoms with Gasteiger partial charge in [0.1, 0.15) is 28.8 Å². The van der Waals surface area contributed by atoms with Crippen molar-refractivity contribution >= 4 is 29.2 Å². The second-order valence-corrected chi connectivity index (χ2v) is 7.36. The number of carbonyl (C=O) groups excluding carboxylic acids is 3. The van der Waals surface area contributed by atoms with Crippen molar-refractivity contribution in [1.29, 1.82) is 5.26 Å². The van der Waals surface area contributed by atoms with Gasteiger partial charge >= 0.3 is 11.9 Å². The van der Waals surface area contributed by atoms with Crippen LogP contribution in [0.25, 0.3) is 0 Å². The van der Waals surface area contributed by atoms with E-state index in [1.807, 2.05) is 6.07 Å². The molecular formula is C24H20N4O6. The van der Waals surface area contributed by atoms with Crippen LogP contribution in [0.2, 0.25) is 0 Å². The van der Waals surface area contributed by atoms with Gasteiger partial charge in [0.15, 0.2) is 0 Å². The molecule has 0 bridgehead atoms. The predicted octanol–water partition coefficient (Wildman–Crippen LogP) is 1.70. The quantitative estimate of drug-likeness (QED) is 0.651. The zero-order valence-corrected chi connectivity index (χ0v) is 18.5. The molecule has 172 valence electrons. The minimum absolute atomic E-state index is 0.215. The predicted molar refractivity (Wildman–Crippen MR) is 120 cm³/mol. The normalized spacial score (nSPS) is 18.9. The second-order valence-electron chi connectivity index (χ2n) is 7.36. The number of methoxy groups -OCH3 is 3. The van der Waals surface area contributed by atoms with Crippen molar-refractivity contribution in [3.63, 3.8) is 0 Å². The van der Waals surface area contributed by atoms with Crippen LogP contribution in [0, 0.1) is 11.3 Å². The standard InChI is InChI=1S/C24H20N4O6/c1-32-14-10-8-13(9-11-14)28-19(22(30)34-3)18(21(29)33-2)24(16(12-25)20(28)26)15-6-4-5-7-17(15)27-23(24)31/h4-11H,26H2,1-3H3,(H,27,31)/t24-/m1/s1. The summed E-state index contributed by atoms with van der Waals surface area (Å²) < 4.78 is 15.2. The average Bonchev–Trinajstić information content (AvgIpc) is 3.15. The number of amides is 1. The zero-order valence-electron chi connectivity index (χ0n) is 18.5. The van der Waals surface area contributed by atoms with Gasteiger partial charge in [0, 0.05) is 16.9 Å². The van der Waals surface area contributed by atoms with Crippen LogP contribution in [0.4, 0.5) is 11.4 Å². The van der Waals surface area contributed by atoms with E-state index < -0.39 is 23.3 Å². The molecule has 2 aliphatic rings. The molecule has 0 aliphatic carbocycles. The number of nitrogens with zero attached hydrogens (tertiary/aromatic N) is 2. The molecule has 2 aliphatic heterocycles. The first-order valence-corrected chi connectivity index (χ1v) is 10.0. The molecule has 0 saturated heterocycles. The molecule has 0 unspecified atom stereocenters. The van der Waals surface area contributed by atoms with E-state index in [2.05, 4.69) is 5.32 Å². The third-order valence-electron chi connectivity index (χ3n) is 5.84. The van der Waals surface area contributed by atoms with Gasteiger partial charge in [-0.25, -0.2) is 9.59 Å². The monoisotopic (exact) mass is 460 g/mol. The molecule has 0 aromatic heterocycles. The molecule has 1 spiro atoms. The van der Waals surface area contributed by atoms with Crippen LogP contribution in [-0.4, -0.2) is 39.2 Å². The van der Waals surface area contributed by atoms with Crippen LogP contribution in [0.1, 0.15) is 5.56 Å². The van der Waals surface area contributed by atoms with Crippen molar-refractivity contribution < 1.29 is 28.6 Å². The fraction of sp³-hybridized carbons (Fsp3) is 0.167. The SMILES string of the molecule is COC(=O)C1=C(C(=O)OC)[C@]2(C(=O)Nc3ccccc32)C(C#N)=C(N)N1c1ccc(OC)cc1. The van der Waals surface area contributed by atoms with Gasteiger partial charge in [-0.15, -0.1) is 0 Å². The van der Waals surface area contributed by atoms with Crippen molar-refractivity contribution in [2.24, 2.45) is 5.73 Å². The summed E-state index contributed by atoms with van der Waals surface area (Å²) in [6.07, 6.45) is 0. The first kappa shape index (κ1) is 22.4. The highest BCUT2D eigenvalue weighted by Crippen LogP contribution is 2.53. The third-order valence-corrected chi connectivity index (χ3v) is 5.84. The van der Waals surface area contributed by atoms with E-state index in [0.717, 1.165) is 14.2 Å². The maximum atomic E-state index is 13.6. The smallest absolute Gasteiger partial charge is 0.355 e. The summed E-state index contributed by atoms with van der Waals surface area (Å²) >= 11 is 0. The lowest BCUT2D eigenvalue weighted by atomic mass is 9.67. The Kier molecular flexibility index (Phi) is 5.47. The Morgan fingerprint density at radius 2 is 1.68 bits per heavy atom. The van der Waals surface area contributed by atoms with Crippen molar-refractivity contribution in [1.82, 2.24) is 0 Å². The largest absolute Gasteiger partial charge is 0.497 e. The highest BCUT2D eigenvalue weighted by Gasteiger charge is 2.61. The molecule has 4 rings (SSSR count). The number of para-hydroxylation sites is 1. The number of rotatable bonds is 4. The Morgan fingerprint density at radius 1 is 1.03 bits per heavy atom. The summed E-state index contributed by atoms with van der Waals surface area (Å²) in [5.41, 5.74) is 4.48. The lowest BCUT2D eigenvalue weighted by Gasteiger charge is -2.40. The van der Waals surface area contributed by atoms with E-state index in [9.17, 15) is 19.6 Å². The van der Waals surface area contributed by atoms with Crippen LogP contribution in [-0.2, 0) is 29.3 Å². The Balaban J connectivity index is 2.16. The van der Waals surface area contributed by atoms with E-state index in [4.69, 9.17) is 19.9 Å². The van der Waals surface area contributed by atoms with Crippen molar-refractivity contribution in [2.45, 2.75) is 5.41 Å². The molecule has 0 fully saturated rings. The molecule has 0 radical (unpaired) electrons. The van der Waals surface area contributed by atoms with E-state index in [-0.39, 0.29) is 28.2 Å². The molecule has 10 nitrogen and oxygen atoms in total. The van der Waals surface area contributed by atoms with E-state index in [1.165, 1.54) is 12.0 Å². The summed E-state index contributed by atoms with van der Waals surface area (Å²) in [6, 6.07) is 14.9. The number of carbonyl (C=O) groups is 3. The molecule has 34 heavy (non-hydrogen) atoms. The maximum absolute atomic E-state index is 13.6. The molecule has 1 atom stereocenters.